The molecule has 2 aliphatic rings. The Morgan fingerprint density at radius 3 is 3.12 bits per heavy atom. The van der Waals surface area contributed by atoms with Gasteiger partial charge in [0.1, 0.15) is 11.6 Å². The molecule has 0 saturated carbocycles. The van der Waals surface area contributed by atoms with Gasteiger partial charge in [-0.1, -0.05) is 0 Å². The van der Waals surface area contributed by atoms with Gasteiger partial charge in [0.05, 0.1) is 13.2 Å². The summed E-state index contributed by atoms with van der Waals surface area (Å²) in [6.45, 7) is 2.13. The van der Waals surface area contributed by atoms with E-state index in [0.717, 1.165) is 30.7 Å². The molecule has 1 atom stereocenters. The maximum absolute atomic E-state index is 13.0. The zero-order chi connectivity index (χ0) is 11.0. The minimum absolute atomic E-state index is 0.247. The lowest BCUT2D eigenvalue weighted by Crippen LogP contribution is -2.53. The first-order chi connectivity index (χ1) is 7.77. The standard InChI is InChI=1S/C12H14FNO2/c13-10-2-3-11-9(6-10)7-15-12(16-11)4-1-5-14-8-12/h2-3,6,14H,1,4-5,7-8H2. The van der Waals surface area contributed by atoms with Gasteiger partial charge in [0, 0.05) is 12.0 Å². The van der Waals surface area contributed by atoms with E-state index in [4.69, 9.17) is 9.47 Å². The van der Waals surface area contributed by atoms with Crippen molar-refractivity contribution >= 4 is 0 Å². The molecule has 2 heterocycles. The van der Waals surface area contributed by atoms with Crippen molar-refractivity contribution in [3.63, 3.8) is 0 Å². The fourth-order valence-corrected chi connectivity index (χ4v) is 2.26. The van der Waals surface area contributed by atoms with Gasteiger partial charge >= 0.3 is 0 Å². The molecule has 0 aromatic heterocycles. The Hall–Kier alpha value is -1.13. The molecule has 1 N–H and O–H groups in total. The van der Waals surface area contributed by atoms with Crippen LogP contribution in [0.3, 0.4) is 0 Å². The van der Waals surface area contributed by atoms with Gasteiger partial charge in [-0.25, -0.2) is 4.39 Å². The third-order valence-corrected chi connectivity index (χ3v) is 3.11. The molecule has 1 saturated heterocycles. The Labute approximate surface area is 93.6 Å². The topological polar surface area (TPSA) is 30.5 Å². The van der Waals surface area contributed by atoms with Crippen molar-refractivity contribution in [3.05, 3.63) is 29.6 Å². The third-order valence-electron chi connectivity index (χ3n) is 3.11. The van der Waals surface area contributed by atoms with Crippen molar-refractivity contribution in [1.82, 2.24) is 5.32 Å². The number of benzene rings is 1. The first-order valence-electron chi connectivity index (χ1n) is 5.60. The highest BCUT2D eigenvalue weighted by atomic mass is 19.1. The predicted octanol–water partition coefficient (Wildman–Crippen LogP) is 1.81. The summed E-state index contributed by atoms with van der Waals surface area (Å²) in [5, 5.41) is 3.26. The first kappa shape index (κ1) is 10.1. The summed E-state index contributed by atoms with van der Waals surface area (Å²) in [6.07, 6.45) is 1.92. The van der Waals surface area contributed by atoms with E-state index in [2.05, 4.69) is 5.32 Å². The summed E-state index contributed by atoms with van der Waals surface area (Å²) in [5.74, 6) is -0.0386. The van der Waals surface area contributed by atoms with E-state index in [1.165, 1.54) is 12.1 Å². The van der Waals surface area contributed by atoms with Crippen LogP contribution in [-0.4, -0.2) is 18.9 Å². The van der Waals surface area contributed by atoms with Gasteiger partial charge in [-0.15, -0.1) is 0 Å². The second kappa shape index (κ2) is 3.71. The van der Waals surface area contributed by atoms with Crippen LogP contribution in [-0.2, 0) is 11.3 Å². The fourth-order valence-electron chi connectivity index (χ4n) is 2.26. The number of hydrogen-bond donors (Lipinski definition) is 1. The number of halogens is 1. The third kappa shape index (κ3) is 1.68. The predicted molar refractivity (Wildman–Crippen MR) is 56.7 cm³/mol. The minimum Gasteiger partial charge on any atom is -0.461 e. The molecule has 0 amide bonds. The molecule has 3 nitrogen and oxygen atoms in total. The number of fused-ring (bicyclic) bond motifs is 1. The van der Waals surface area contributed by atoms with E-state index in [-0.39, 0.29) is 5.82 Å². The van der Waals surface area contributed by atoms with Gasteiger partial charge in [0.15, 0.2) is 0 Å². The Bertz CT molecular complexity index is 402. The Balaban J connectivity index is 1.88. The smallest absolute Gasteiger partial charge is 0.223 e. The molecule has 1 aromatic carbocycles. The number of ether oxygens (including phenoxy) is 2. The van der Waals surface area contributed by atoms with Crippen LogP contribution < -0.4 is 10.1 Å². The van der Waals surface area contributed by atoms with Crippen LogP contribution in [0.4, 0.5) is 4.39 Å². The highest BCUT2D eigenvalue weighted by molar-refractivity contribution is 5.35. The van der Waals surface area contributed by atoms with Crippen LogP contribution in [0.15, 0.2) is 18.2 Å². The molecule has 4 heteroatoms. The van der Waals surface area contributed by atoms with E-state index >= 15 is 0 Å². The number of nitrogens with one attached hydrogen (secondary N) is 1. The minimum atomic E-state index is -0.539. The second-order valence-electron chi connectivity index (χ2n) is 4.33. The molecule has 1 fully saturated rings. The van der Waals surface area contributed by atoms with Gasteiger partial charge < -0.3 is 14.8 Å². The van der Waals surface area contributed by atoms with E-state index in [1.807, 2.05) is 0 Å². The van der Waals surface area contributed by atoms with Crippen molar-refractivity contribution in [2.75, 3.05) is 13.1 Å². The second-order valence-corrected chi connectivity index (χ2v) is 4.33. The quantitative estimate of drug-likeness (QED) is 0.727. The zero-order valence-corrected chi connectivity index (χ0v) is 8.96. The first-order valence-corrected chi connectivity index (χ1v) is 5.60. The van der Waals surface area contributed by atoms with E-state index in [1.54, 1.807) is 6.07 Å². The Morgan fingerprint density at radius 2 is 2.31 bits per heavy atom. The average Bonchev–Trinajstić information content (AvgIpc) is 2.31. The lowest BCUT2D eigenvalue weighted by molar-refractivity contribution is -0.213. The van der Waals surface area contributed by atoms with Crippen molar-refractivity contribution in [3.8, 4) is 5.75 Å². The lowest BCUT2D eigenvalue weighted by atomic mass is 10.0. The van der Waals surface area contributed by atoms with Crippen LogP contribution in [0.5, 0.6) is 5.75 Å². The molecule has 2 aliphatic heterocycles. The maximum atomic E-state index is 13.0. The molecule has 1 spiro atoms. The molecule has 3 rings (SSSR count). The number of piperidine rings is 1. The van der Waals surface area contributed by atoms with E-state index < -0.39 is 5.79 Å². The number of rotatable bonds is 0. The van der Waals surface area contributed by atoms with Crippen LogP contribution in [0.2, 0.25) is 0 Å². The van der Waals surface area contributed by atoms with Gasteiger partial charge in [-0.2, -0.15) is 0 Å². The van der Waals surface area contributed by atoms with Crippen LogP contribution in [0.1, 0.15) is 18.4 Å². The Kier molecular flexibility index (Phi) is 2.33. The van der Waals surface area contributed by atoms with Crippen LogP contribution >= 0.6 is 0 Å². The van der Waals surface area contributed by atoms with Crippen molar-refractivity contribution in [1.29, 1.82) is 0 Å². The monoisotopic (exact) mass is 223 g/mol. The normalized spacial score (nSPS) is 28.6. The molecule has 86 valence electrons. The summed E-state index contributed by atoms with van der Waals surface area (Å²) in [5.41, 5.74) is 0.788. The molecular formula is C12H14FNO2. The largest absolute Gasteiger partial charge is 0.461 e. The molecule has 16 heavy (non-hydrogen) atoms. The summed E-state index contributed by atoms with van der Waals surface area (Å²) < 4.78 is 24.6. The van der Waals surface area contributed by atoms with Crippen molar-refractivity contribution < 1.29 is 13.9 Å². The van der Waals surface area contributed by atoms with Crippen molar-refractivity contribution in [2.45, 2.75) is 25.2 Å². The molecule has 1 aromatic rings. The van der Waals surface area contributed by atoms with E-state index in [9.17, 15) is 4.39 Å². The highest BCUT2D eigenvalue weighted by Gasteiger charge is 2.38. The van der Waals surface area contributed by atoms with Crippen LogP contribution in [0, 0.1) is 5.82 Å². The molecular weight excluding hydrogens is 209 g/mol. The molecule has 0 bridgehead atoms. The molecule has 0 radical (unpaired) electrons. The summed E-state index contributed by atoms with van der Waals surface area (Å²) in [7, 11) is 0. The SMILES string of the molecule is Fc1ccc2c(c1)COC1(CCCNC1)O2. The zero-order valence-electron chi connectivity index (χ0n) is 8.96. The maximum Gasteiger partial charge on any atom is 0.223 e. The van der Waals surface area contributed by atoms with Gasteiger partial charge in [-0.3, -0.25) is 0 Å². The highest BCUT2D eigenvalue weighted by Crippen LogP contribution is 2.34. The Morgan fingerprint density at radius 1 is 1.38 bits per heavy atom. The summed E-state index contributed by atoms with van der Waals surface area (Å²) in [4.78, 5) is 0. The van der Waals surface area contributed by atoms with Gasteiger partial charge in [-0.05, 0) is 31.2 Å². The van der Waals surface area contributed by atoms with Crippen LogP contribution in [0.25, 0.3) is 0 Å². The summed E-state index contributed by atoms with van der Waals surface area (Å²) >= 11 is 0. The lowest BCUT2D eigenvalue weighted by Gasteiger charge is -2.41. The van der Waals surface area contributed by atoms with Crippen molar-refractivity contribution in [2.24, 2.45) is 0 Å². The summed E-state index contributed by atoms with van der Waals surface area (Å²) in [6, 6.07) is 4.58. The van der Waals surface area contributed by atoms with Gasteiger partial charge in [0.25, 0.3) is 0 Å². The van der Waals surface area contributed by atoms with Gasteiger partial charge in [0.2, 0.25) is 5.79 Å². The van der Waals surface area contributed by atoms with E-state index in [0.29, 0.717) is 13.2 Å². The molecule has 1 unspecified atom stereocenters. The average molecular weight is 223 g/mol. The number of hydrogen-bond acceptors (Lipinski definition) is 3. The molecule has 0 aliphatic carbocycles. The fraction of sp³-hybridized carbons (Fsp3) is 0.500.